The average molecular weight is 286 g/mol. The van der Waals surface area contributed by atoms with Gasteiger partial charge in [0.25, 0.3) is 0 Å². The largest absolute Gasteiger partial charge is 0.323 e. The normalized spacial score (nSPS) is 10.2. The zero-order valence-corrected chi connectivity index (χ0v) is 11.0. The molecule has 0 saturated carbocycles. The van der Waals surface area contributed by atoms with Crippen molar-refractivity contribution in [2.24, 2.45) is 0 Å². The highest BCUT2D eigenvalue weighted by Crippen LogP contribution is 2.21. The molecule has 0 bridgehead atoms. The van der Waals surface area contributed by atoms with Crippen LogP contribution in [-0.4, -0.2) is 21.6 Å². The molecule has 0 radical (unpaired) electrons. The summed E-state index contributed by atoms with van der Waals surface area (Å²) in [5.41, 5.74) is 0.527. The Morgan fingerprint density at radius 1 is 1.47 bits per heavy atom. The van der Waals surface area contributed by atoms with E-state index in [-0.39, 0.29) is 5.91 Å². The molecule has 88 valence electrons. The minimum atomic E-state index is -0.125. The van der Waals surface area contributed by atoms with Crippen molar-refractivity contribution < 1.29 is 4.79 Å². The molecule has 4 nitrogen and oxygen atoms in total. The summed E-state index contributed by atoms with van der Waals surface area (Å²) in [6.07, 6.45) is 3.28. The van der Waals surface area contributed by atoms with Crippen molar-refractivity contribution in [2.75, 3.05) is 11.1 Å². The van der Waals surface area contributed by atoms with Crippen LogP contribution in [-0.2, 0) is 4.79 Å². The van der Waals surface area contributed by atoms with Gasteiger partial charge >= 0.3 is 0 Å². The summed E-state index contributed by atoms with van der Waals surface area (Å²) in [5, 5.41) is 4.86. The highest BCUT2D eigenvalue weighted by Gasteiger charge is 2.07. The summed E-state index contributed by atoms with van der Waals surface area (Å²) in [4.78, 5) is 19.6. The van der Waals surface area contributed by atoms with Crippen LogP contribution in [0.15, 0.2) is 34.2 Å². The molecule has 2 rings (SSSR count). The van der Waals surface area contributed by atoms with Gasteiger partial charge in [0.1, 0.15) is 4.34 Å². The SMILES string of the molecule is O=C(CSc1nccs1)Nc1cccnc1Cl. The van der Waals surface area contributed by atoms with Crippen LogP contribution in [0.1, 0.15) is 0 Å². The van der Waals surface area contributed by atoms with Crippen LogP contribution in [0.2, 0.25) is 5.15 Å². The first-order valence-electron chi connectivity index (χ1n) is 4.68. The zero-order chi connectivity index (χ0) is 12.1. The summed E-state index contributed by atoms with van der Waals surface area (Å²) >= 11 is 8.73. The summed E-state index contributed by atoms with van der Waals surface area (Å²) in [5.74, 6) is 0.179. The summed E-state index contributed by atoms with van der Waals surface area (Å²) < 4.78 is 0.873. The van der Waals surface area contributed by atoms with Crippen LogP contribution in [0.4, 0.5) is 5.69 Å². The highest BCUT2D eigenvalue weighted by atomic mass is 35.5. The van der Waals surface area contributed by atoms with Crippen LogP contribution in [0.3, 0.4) is 0 Å². The van der Waals surface area contributed by atoms with E-state index in [2.05, 4.69) is 15.3 Å². The van der Waals surface area contributed by atoms with Crippen molar-refractivity contribution in [3.05, 3.63) is 35.1 Å². The molecule has 0 atom stereocenters. The van der Waals surface area contributed by atoms with Gasteiger partial charge in [0.05, 0.1) is 11.4 Å². The minimum absolute atomic E-state index is 0.125. The molecule has 0 unspecified atom stereocenters. The molecular weight excluding hydrogens is 278 g/mol. The Morgan fingerprint density at radius 2 is 2.35 bits per heavy atom. The van der Waals surface area contributed by atoms with Crippen LogP contribution >= 0.6 is 34.7 Å². The fraction of sp³-hybridized carbons (Fsp3) is 0.100. The van der Waals surface area contributed by atoms with Gasteiger partial charge in [0.2, 0.25) is 5.91 Å². The van der Waals surface area contributed by atoms with Crippen molar-refractivity contribution in [1.29, 1.82) is 0 Å². The molecule has 0 fully saturated rings. The molecule has 7 heteroatoms. The number of aromatic nitrogens is 2. The first kappa shape index (κ1) is 12.3. The van der Waals surface area contributed by atoms with E-state index in [0.717, 1.165) is 4.34 Å². The van der Waals surface area contributed by atoms with Crippen LogP contribution in [0.5, 0.6) is 0 Å². The zero-order valence-electron chi connectivity index (χ0n) is 8.59. The monoisotopic (exact) mass is 285 g/mol. The maximum atomic E-state index is 11.6. The molecule has 0 spiro atoms. The summed E-state index contributed by atoms with van der Waals surface area (Å²) in [7, 11) is 0. The lowest BCUT2D eigenvalue weighted by atomic mass is 10.4. The van der Waals surface area contributed by atoms with Crippen LogP contribution in [0.25, 0.3) is 0 Å². The lowest BCUT2D eigenvalue weighted by molar-refractivity contribution is -0.113. The summed E-state index contributed by atoms with van der Waals surface area (Å²) in [6, 6.07) is 3.43. The van der Waals surface area contributed by atoms with E-state index in [0.29, 0.717) is 16.6 Å². The molecule has 1 N–H and O–H groups in total. The fourth-order valence-electron chi connectivity index (χ4n) is 1.07. The predicted molar refractivity (Wildman–Crippen MR) is 70.7 cm³/mol. The Balaban J connectivity index is 1.87. The van der Waals surface area contributed by atoms with E-state index < -0.39 is 0 Å². The van der Waals surface area contributed by atoms with Gasteiger partial charge in [-0.05, 0) is 12.1 Å². The van der Waals surface area contributed by atoms with E-state index >= 15 is 0 Å². The second-order valence-electron chi connectivity index (χ2n) is 2.98. The van der Waals surface area contributed by atoms with E-state index in [1.165, 1.54) is 23.1 Å². The van der Waals surface area contributed by atoms with Crippen LogP contribution < -0.4 is 5.32 Å². The Bertz CT molecular complexity index is 504. The summed E-state index contributed by atoms with van der Waals surface area (Å²) in [6.45, 7) is 0. The molecule has 0 saturated heterocycles. The Hall–Kier alpha value is -1.11. The number of carbonyl (C=O) groups excluding carboxylic acids is 1. The number of anilines is 1. The number of halogens is 1. The molecule has 17 heavy (non-hydrogen) atoms. The second-order valence-corrected chi connectivity index (χ2v) is 5.45. The van der Waals surface area contributed by atoms with Gasteiger partial charge in [-0.1, -0.05) is 23.4 Å². The number of hydrogen-bond donors (Lipinski definition) is 1. The second kappa shape index (κ2) is 6.00. The Kier molecular flexibility index (Phi) is 4.36. The van der Waals surface area contributed by atoms with E-state index in [9.17, 15) is 4.79 Å². The van der Waals surface area contributed by atoms with Crippen LogP contribution in [0, 0.1) is 0 Å². The van der Waals surface area contributed by atoms with Gasteiger partial charge in [-0.2, -0.15) is 0 Å². The molecule has 2 heterocycles. The minimum Gasteiger partial charge on any atom is -0.323 e. The fourth-order valence-corrected chi connectivity index (χ4v) is 2.68. The van der Waals surface area contributed by atoms with E-state index in [4.69, 9.17) is 11.6 Å². The average Bonchev–Trinajstić information content (AvgIpc) is 2.82. The van der Waals surface area contributed by atoms with Gasteiger partial charge in [-0.25, -0.2) is 9.97 Å². The highest BCUT2D eigenvalue weighted by molar-refractivity contribution is 8.01. The predicted octanol–water partition coefficient (Wildman–Crippen LogP) is 2.92. The standard InChI is InChI=1S/C10H8ClN3OS2/c11-9-7(2-1-3-12-9)14-8(15)6-17-10-13-4-5-16-10/h1-5H,6H2,(H,14,15). The lowest BCUT2D eigenvalue weighted by Crippen LogP contribution is -2.14. The number of pyridine rings is 1. The molecule has 0 aliphatic heterocycles. The molecule has 0 aliphatic carbocycles. The number of hydrogen-bond acceptors (Lipinski definition) is 5. The molecule has 1 amide bonds. The maximum absolute atomic E-state index is 11.6. The number of nitrogens with one attached hydrogen (secondary N) is 1. The van der Waals surface area contributed by atoms with Crippen molar-refractivity contribution in [3.8, 4) is 0 Å². The van der Waals surface area contributed by atoms with Gasteiger partial charge in [-0.15, -0.1) is 11.3 Å². The maximum Gasteiger partial charge on any atom is 0.234 e. The third kappa shape index (κ3) is 3.69. The molecule has 2 aromatic heterocycles. The topological polar surface area (TPSA) is 54.9 Å². The number of carbonyl (C=O) groups is 1. The Morgan fingerprint density at radius 3 is 3.06 bits per heavy atom. The first-order valence-corrected chi connectivity index (χ1v) is 6.92. The quantitative estimate of drug-likeness (QED) is 0.693. The third-order valence-electron chi connectivity index (χ3n) is 1.77. The van der Waals surface area contributed by atoms with Crippen molar-refractivity contribution in [3.63, 3.8) is 0 Å². The van der Waals surface area contributed by atoms with Gasteiger partial charge in [-0.3, -0.25) is 4.79 Å². The van der Waals surface area contributed by atoms with Gasteiger partial charge in [0, 0.05) is 17.8 Å². The molecule has 2 aromatic rings. The van der Waals surface area contributed by atoms with Gasteiger partial charge < -0.3 is 5.32 Å². The lowest BCUT2D eigenvalue weighted by Gasteiger charge is -2.04. The van der Waals surface area contributed by atoms with Crippen molar-refractivity contribution in [1.82, 2.24) is 9.97 Å². The first-order chi connectivity index (χ1) is 8.25. The number of amides is 1. The molecular formula is C10H8ClN3OS2. The molecule has 0 aliphatic rings. The number of nitrogens with zero attached hydrogens (tertiary/aromatic N) is 2. The molecule has 0 aromatic carbocycles. The number of thioether (sulfide) groups is 1. The van der Waals surface area contributed by atoms with Crippen molar-refractivity contribution in [2.45, 2.75) is 4.34 Å². The van der Waals surface area contributed by atoms with E-state index in [1.807, 2.05) is 5.38 Å². The Labute approximate surface area is 111 Å². The van der Waals surface area contributed by atoms with Crippen molar-refractivity contribution >= 4 is 46.3 Å². The number of rotatable bonds is 4. The van der Waals surface area contributed by atoms with Gasteiger partial charge in [0.15, 0.2) is 5.15 Å². The van der Waals surface area contributed by atoms with E-state index in [1.54, 1.807) is 24.5 Å². The smallest absolute Gasteiger partial charge is 0.234 e. The number of thiazole rings is 1. The third-order valence-corrected chi connectivity index (χ3v) is 4.04.